The summed E-state index contributed by atoms with van der Waals surface area (Å²) < 4.78 is 5.43. The van der Waals surface area contributed by atoms with Crippen molar-refractivity contribution in [2.75, 3.05) is 24.7 Å². The van der Waals surface area contributed by atoms with Gasteiger partial charge < -0.3 is 4.74 Å². The number of rotatable bonds is 9. The highest BCUT2D eigenvalue weighted by Crippen LogP contribution is 2.03. The van der Waals surface area contributed by atoms with Crippen LogP contribution < -0.4 is 0 Å². The topological polar surface area (TPSA) is 9.23 Å². The third kappa shape index (κ3) is 10.3. The normalized spacial score (nSPS) is 10.5. The van der Waals surface area contributed by atoms with Crippen molar-refractivity contribution in [2.45, 2.75) is 39.5 Å². The van der Waals surface area contributed by atoms with E-state index in [2.05, 4.69) is 13.8 Å². The summed E-state index contributed by atoms with van der Waals surface area (Å²) in [6.07, 6.45) is 5.10. The van der Waals surface area contributed by atoms with Crippen LogP contribution >= 0.6 is 11.8 Å². The van der Waals surface area contributed by atoms with Gasteiger partial charge in [0.05, 0.1) is 6.61 Å². The third-order valence-electron chi connectivity index (χ3n) is 1.66. The standard InChI is InChI=1S/C10H22OS/c1-3-5-7-11-8-10-12-9-6-4-2/h3-10H2,1-2H3. The van der Waals surface area contributed by atoms with E-state index in [0.29, 0.717) is 0 Å². The Kier molecular flexibility index (Phi) is 11.6. The maximum Gasteiger partial charge on any atom is 0.0556 e. The molecule has 0 aromatic rings. The van der Waals surface area contributed by atoms with Crippen LogP contribution in [-0.2, 0) is 4.74 Å². The van der Waals surface area contributed by atoms with E-state index in [1.807, 2.05) is 11.8 Å². The van der Waals surface area contributed by atoms with Crippen LogP contribution in [0.25, 0.3) is 0 Å². The molecule has 0 heterocycles. The molecule has 0 atom stereocenters. The molecule has 0 saturated heterocycles. The van der Waals surface area contributed by atoms with Crippen molar-refractivity contribution >= 4 is 11.8 Å². The Morgan fingerprint density at radius 3 is 2.33 bits per heavy atom. The maximum absolute atomic E-state index is 5.43. The molecule has 12 heavy (non-hydrogen) atoms. The van der Waals surface area contributed by atoms with Crippen LogP contribution in [0.2, 0.25) is 0 Å². The molecule has 0 radical (unpaired) electrons. The lowest BCUT2D eigenvalue weighted by atomic mass is 10.4. The van der Waals surface area contributed by atoms with E-state index in [0.717, 1.165) is 13.2 Å². The molecule has 0 aliphatic heterocycles. The Bertz CT molecular complexity index is 66.2. The van der Waals surface area contributed by atoms with Crippen LogP contribution in [0.1, 0.15) is 39.5 Å². The summed E-state index contributed by atoms with van der Waals surface area (Å²) in [5.74, 6) is 2.47. The predicted molar refractivity (Wildman–Crippen MR) is 58.0 cm³/mol. The summed E-state index contributed by atoms with van der Waals surface area (Å²) >= 11 is 2.01. The molecular formula is C10H22OS. The molecule has 74 valence electrons. The molecule has 0 unspecified atom stereocenters. The Morgan fingerprint density at radius 2 is 1.67 bits per heavy atom. The first kappa shape index (κ1) is 12.3. The Hall–Kier alpha value is 0.310. The van der Waals surface area contributed by atoms with Gasteiger partial charge in [-0.25, -0.2) is 0 Å². The fraction of sp³-hybridized carbons (Fsp3) is 1.00. The highest BCUT2D eigenvalue weighted by atomic mass is 32.2. The van der Waals surface area contributed by atoms with Gasteiger partial charge in [-0.05, 0) is 18.6 Å². The second kappa shape index (κ2) is 11.3. The predicted octanol–water partition coefficient (Wildman–Crippen LogP) is 3.34. The first-order valence-corrected chi connectivity index (χ1v) is 6.22. The molecule has 0 saturated carbocycles. The zero-order valence-electron chi connectivity index (χ0n) is 8.47. The van der Waals surface area contributed by atoms with Crippen LogP contribution in [0.3, 0.4) is 0 Å². The van der Waals surface area contributed by atoms with Crippen molar-refractivity contribution in [3.8, 4) is 0 Å². The van der Waals surface area contributed by atoms with Crippen molar-refractivity contribution in [3.63, 3.8) is 0 Å². The summed E-state index contributed by atoms with van der Waals surface area (Å²) in [4.78, 5) is 0. The van der Waals surface area contributed by atoms with Gasteiger partial charge in [-0.15, -0.1) is 0 Å². The fourth-order valence-corrected chi connectivity index (χ4v) is 1.75. The van der Waals surface area contributed by atoms with Crippen molar-refractivity contribution in [3.05, 3.63) is 0 Å². The molecular weight excluding hydrogens is 168 g/mol. The molecule has 0 amide bonds. The second-order valence-corrected chi connectivity index (χ2v) is 4.16. The van der Waals surface area contributed by atoms with Gasteiger partial charge in [0, 0.05) is 12.4 Å². The molecule has 1 nitrogen and oxygen atoms in total. The highest BCUT2D eigenvalue weighted by Gasteiger charge is 1.89. The van der Waals surface area contributed by atoms with Gasteiger partial charge in [0.2, 0.25) is 0 Å². The van der Waals surface area contributed by atoms with E-state index >= 15 is 0 Å². The summed E-state index contributed by atoms with van der Waals surface area (Å²) in [5, 5.41) is 0. The molecule has 0 aliphatic rings. The number of hydrogen-bond acceptors (Lipinski definition) is 2. The van der Waals surface area contributed by atoms with Gasteiger partial charge in [-0.2, -0.15) is 11.8 Å². The highest BCUT2D eigenvalue weighted by molar-refractivity contribution is 7.99. The average Bonchev–Trinajstić information content (AvgIpc) is 2.10. The Morgan fingerprint density at radius 1 is 0.917 bits per heavy atom. The van der Waals surface area contributed by atoms with Crippen LogP contribution in [-0.4, -0.2) is 24.7 Å². The van der Waals surface area contributed by atoms with E-state index in [1.165, 1.54) is 37.2 Å². The van der Waals surface area contributed by atoms with Crippen LogP contribution in [0.15, 0.2) is 0 Å². The summed E-state index contributed by atoms with van der Waals surface area (Å²) in [6, 6.07) is 0. The maximum atomic E-state index is 5.43. The molecule has 0 spiro atoms. The number of ether oxygens (including phenoxy) is 1. The van der Waals surface area contributed by atoms with Crippen molar-refractivity contribution in [1.82, 2.24) is 0 Å². The molecule has 0 N–H and O–H groups in total. The first-order chi connectivity index (χ1) is 5.91. The van der Waals surface area contributed by atoms with Crippen molar-refractivity contribution < 1.29 is 4.74 Å². The van der Waals surface area contributed by atoms with Gasteiger partial charge in [0.25, 0.3) is 0 Å². The zero-order chi connectivity index (χ0) is 9.07. The lowest BCUT2D eigenvalue weighted by Crippen LogP contribution is -1.99. The molecule has 2 heteroatoms. The Balaban J connectivity index is 2.73. The van der Waals surface area contributed by atoms with Gasteiger partial charge >= 0.3 is 0 Å². The third-order valence-corrected chi connectivity index (χ3v) is 2.69. The smallest absolute Gasteiger partial charge is 0.0556 e. The van der Waals surface area contributed by atoms with Gasteiger partial charge in [0.15, 0.2) is 0 Å². The van der Waals surface area contributed by atoms with Crippen LogP contribution in [0, 0.1) is 0 Å². The average molecular weight is 190 g/mol. The number of hydrogen-bond donors (Lipinski definition) is 0. The summed E-state index contributed by atoms with van der Waals surface area (Å²) in [6.45, 7) is 6.32. The lowest BCUT2D eigenvalue weighted by molar-refractivity contribution is 0.147. The first-order valence-electron chi connectivity index (χ1n) is 5.07. The minimum Gasteiger partial charge on any atom is -0.381 e. The molecule has 0 rings (SSSR count). The van der Waals surface area contributed by atoms with E-state index < -0.39 is 0 Å². The molecule has 0 bridgehead atoms. The van der Waals surface area contributed by atoms with Crippen LogP contribution in [0.5, 0.6) is 0 Å². The van der Waals surface area contributed by atoms with Crippen molar-refractivity contribution in [1.29, 1.82) is 0 Å². The molecule has 0 aromatic carbocycles. The second-order valence-electron chi connectivity index (χ2n) is 2.93. The fourth-order valence-electron chi connectivity index (χ4n) is 0.815. The minimum absolute atomic E-state index is 0.939. The van der Waals surface area contributed by atoms with E-state index in [1.54, 1.807) is 0 Å². The number of unbranched alkanes of at least 4 members (excludes halogenated alkanes) is 2. The van der Waals surface area contributed by atoms with Crippen molar-refractivity contribution in [2.24, 2.45) is 0 Å². The van der Waals surface area contributed by atoms with Gasteiger partial charge in [-0.1, -0.05) is 26.7 Å². The lowest BCUT2D eigenvalue weighted by Gasteiger charge is -2.02. The quantitative estimate of drug-likeness (QED) is 0.516. The molecule has 0 aliphatic carbocycles. The monoisotopic (exact) mass is 190 g/mol. The van der Waals surface area contributed by atoms with Crippen LogP contribution in [0.4, 0.5) is 0 Å². The molecule has 0 aromatic heterocycles. The van der Waals surface area contributed by atoms with Gasteiger partial charge in [-0.3, -0.25) is 0 Å². The van der Waals surface area contributed by atoms with E-state index in [4.69, 9.17) is 4.74 Å². The van der Waals surface area contributed by atoms with Gasteiger partial charge in [0.1, 0.15) is 0 Å². The number of thioether (sulfide) groups is 1. The largest absolute Gasteiger partial charge is 0.381 e. The zero-order valence-corrected chi connectivity index (χ0v) is 9.29. The van der Waals surface area contributed by atoms with E-state index in [9.17, 15) is 0 Å². The molecule has 0 fully saturated rings. The minimum atomic E-state index is 0.939. The summed E-state index contributed by atoms with van der Waals surface area (Å²) in [7, 11) is 0. The summed E-state index contributed by atoms with van der Waals surface area (Å²) in [5.41, 5.74) is 0. The van der Waals surface area contributed by atoms with E-state index in [-0.39, 0.29) is 0 Å². The Labute approximate surface area is 81.3 Å². The SMILES string of the molecule is CCCCOCCSCCCC.